The fourth-order valence-electron chi connectivity index (χ4n) is 6.84. The van der Waals surface area contributed by atoms with Gasteiger partial charge in [-0.3, -0.25) is 4.90 Å². The van der Waals surface area contributed by atoms with E-state index in [4.69, 9.17) is 4.84 Å². The second-order valence-corrected chi connectivity index (χ2v) is 12.2. The Bertz CT molecular complexity index is 810. The van der Waals surface area contributed by atoms with Gasteiger partial charge in [0.2, 0.25) is 0 Å². The maximum absolute atomic E-state index is 12.4. The van der Waals surface area contributed by atoms with Gasteiger partial charge in [0.05, 0.1) is 11.1 Å². The van der Waals surface area contributed by atoms with Gasteiger partial charge in [-0.1, -0.05) is 40.9 Å². The highest BCUT2D eigenvalue weighted by atomic mass is 33.1. The molecule has 3 heterocycles. The topological polar surface area (TPSA) is 48.1 Å². The number of carbonyl (C=O) groups is 1. The van der Waals surface area contributed by atoms with Gasteiger partial charge >= 0.3 is 5.97 Å². The van der Waals surface area contributed by atoms with Gasteiger partial charge in [-0.05, 0) is 50.3 Å². The Kier molecular flexibility index (Phi) is 7.06. The number of nitrogens with zero attached hydrogens (tertiary/aromatic N) is 3. The number of hydrogen-bond donors (Lipinski definition) is 2. The van der Waals surface area contributed by atoms with Crippen molar-refractivity contribution in [3.8, 4) is 0 Å². The van der Waals surface area contributed by atoms with Crippen LogP contribution < -0.4 is 5.32 Å². The summed E-state index contributed by atoms with van der Waals surface area (Å²) in [5.74, 6) is 3.37. The molecular weight excluding hydrogens is 460 g/mol. The minimum absolute atomic E-state index is 0.218. The number of nitrogens with one attached hydrogen (secondary N) is 1. The van der Waals surface area contributed by atoms with Gasteiger partial charge in [0.25, 0.3) is 0 Å². The van der Waals surface area contributed by atoms with E-state index in [0.29, 0.717) is 17.4 Å². The number of hydrogen-bond acceptors (Lipinski definition) is 9. The smallest absolute Gasteiger partial charge is 0.357 e. The molecule has 1 aliphatic carbocycles. The highest BCUT2D eigenvalue weighted by Gasteiger charge is 2.68. The number of piperazine rings is 1. The molecule has 176 valence electrons. The van der Waals surface area contributed by atoms with Crippen LogP contribution in [0, 0.1) is 11.8 Å². The Hall–Kier alpha value is -0.420. The highest BCUT2D eigenvalue weighted by Crippen LogP contribution is 2.60. The zero-order chi connectivity index (χ0) is 22.2. The van der Waals surface area contributed by atoms with E-state index in [2.05, 4.69) is 33.1 Å². The van der Waals surface area contributed by atoms with Crippen LogP contribution in [0.25, 0.3) is 0 Å². The summed E-state index contributed by atoms with van der Waals surface area (Å²) in [6, 6.07) is 9.28. The van der Waals surface area contributed by atoms with E-state index in [9.17, 15) is 4.79 Å². The average molecular weight is 495 g/mol. The maximum atomic E-state index is 12.4. The van der Waals surface area contributed by atoms with E-state index in [1.807, 2.05) is 47.3 Å². The van der Waals surface area contributed by atoms with E-state index in [1.165, 1.54) is 19.4 Å². The van der Waals surface area contributed by atoms with Gasteiger partial charge < -0.3 is 10.2 Å². The van der Waals surface area contributed by atoms with Crippen molar-refractivity contribution in [2.75, 3.05) is 57.3 Å². The normalized spacial score (nSPS) is 35.7. The van der Waals surface area contributed by atoms with Crippen LogP contribution in [0.5, 0.6) is 0 Å². The van der Waals surface area contributed by atoms with Gasteiger partial charge in [-0.2, -0.15) is 0 Å². The molecule has 0 bridgehead atoms. The lowest BCUT2D eigenvalue weighted by molar-refractivity contribution is -0.142. The third kappa shape index (κ3) is 4.01. The Morgan fingerprint density at radius 1 is 1.19 bits per heavy atom. The Morgan fingerprint density at radius 2 is 1.97 bits per heavy atom. The Balaban J connectivity index is 1.23. The molecule has 4 unspecified atom stereocenters. The molecule has 0 amide bonds. The van der Waals surface area contributed by atoms with E-state index < -0.39 is 0 Å². The van der Waals surface area contributed by atoms with E-state index >= 15 is 0 Å². The molecule has 0 aromatic heterocycles. The largest absolute Gasteiger partial charge is 0.364 e. The van der Waals surface area contributed by atoms with Gasteiger partial charge in [-0.15, -0.1) is 16.7 Å². The SMILES string of the molecule is CC1(N2CCN(OC(=O)c3ccccc3)CC2)CC2CNCC23C1CCN3SCCSS. The summed E-state index contributed by atoms with van der Waals surface area (Å²) >= 11 is 6.37. The van der Waals surface area contributed by atoms with Crippen molar-refractivity contribution in [3.05, 3.63) is 35.9 Å². The minimum atomic E-state index is -0.256. The Labute approximate surface area is 205 Å². The van der Waals surface area contributed by atoms with Crippen molar-refractivity contribution in [1.82, 2.24) is 19.6 Å². The molecule has 1 saturated carbocycles. The molecular formula is C23H34N4O2S3. The van der Waals surface area contributed by atoms with Gasteiger partial charge in [0.1, 0.15) is 0 Å². The molecule has 6 nitrogen and oxygen atoms in total. The summed E-state index contributed by atoms with van der Waals surface area (Å²) in [6.07, 6.45) is 2.53. The first kappa shape index (κ1) is 23.3. The summed E-state index contributed by atoms with van der Waals surface area (Å²) in [6.45, 7) is 9.41. The van der Waals surface area contributed by atoms with Crippen molar-refractivity contribution >= 4 is 40.4 Å². The second kappa shape index (κ2) is 9.68. The van der Waals surface area contributed by atoms with Crippen LogP contribution in [0.4, 0.5) is 0 Å². The third-order valence-electron chi connectivity index (χ3n) is 8.21. The summed E-state index contributed by atoms with van der Waals surface area (Å²) in [5.41, 5.74) is 1.12. The zero-order valence-corrected chi connectivity index (χ0v) is 21.3. The molecule has 4 fully saturated rings. The molecule has 3 aliphatic heterocycles. The standard InChI is InChI=1S/C23H34N4O2S3/c1-22(25-9-11-26(12-10-25)29-21(28)18-5-3-2-4-6-18)15-19-16-24-17-23(19)20(22)7-8-27(23)31-13-14-32-30/h2-6,19-20,24,30H,7-17H2,1H3. The highest BCUT2D eigenvalue weighted by molar-refractivity contribution is 8.68. The van der Waals surface area contributed by atoms with Crippen LogP contribution in [-0.2, 0) is 4.84 Å². The van der Waals surface area contributed by atoms with Crippen LogP contribution in [-0.4, -0.2) is 88.6 Å². The first-order valence-corrected chi connectivity index (χ1v) is 14.7. The quantitative estimate of drug-likeness (QED) is 0.260. The van der Waals surface area contributed by atoms with Gasteiger partial charge in [0.15, 0.2) is 0 Å². The van der Waals surface area contributed by atoms with Crippen LogP contribution in [0.2, 0.25) is 0 Å². The van der Waals surface area contributed by atoms with Crippen LogP contribution in [0.15, 0.2) is 30.3 Å². The fourth-order valence-corrected chi connectivity index (χ4v) is 9.14. The first-order valence-electron chi connectivity index (χ1n) is 11.7. The van der Waals surface area contributed by atoms with Crippen molar-refractivity contribution in [1.29, 1.82) is 0 Å². The van der Waals surface area contributed by atoms with E-state index in [1.54, 1.807) is 10.8 Å². The number of benzene rings is 1. The lowest BCUT2D eigenvalue weighted by Crippen LogP contribution is -2.60. The van der Waals surface area contributed by atoms with Crippen LogP contribution in [0.3, 0.4) is 0 Å². The van der Waals surface area contributed by atoms with Crippen molar-refractivity contribution in [2.24, 2.45) is 11.8 Å². The molecule has 1 spiro atoms. The molecule has 5 rings (SSSR count). The summed E-state index contributed by atoms with van der Waals surface area (Å²) in [7, 11) is 1.64. The fraction of sp³-hybridized carbons (Fsp3) is 0.696. The second-order valence-electron chi connectivity index (χ2n) is 9.65. The third-order valence-corrected chi connectivity index (χ3v) is 10.6. The zero-order valence-electron chi connectivity index (χ0n) is 18.7. The van der Waals surface area contributed by atoms with Crippen LogP contribution in [0.1, 0.15) is 30.1 Å². The molecule has 3 saturated heterocycles. The van der Waals surface area contributed by atoms with Crippen LogP contribution >= 0.6 is 34.4 Å². The molecule has 1 aromatic rings. The van der Waals surface area contributed by atoms with E-state index in [0.717, 1.165) is 50.8 Å². The summed E-state index contributed by atoms with van der Waals surface area (Å²) in [4.78, 5) is 20.8. The lowest BCUT2D eigenvalue weighted by atomic mass is 9.78. The van der Waals surface area contributed by atoms with Crippen molar-refractivity contribution < 1.29 is 9.63 Å². The number of thiol groups is 1. The van der Waals surface area contributed by atoms with Crippen molar-refractivity contribution in [2.45, 2.75) is 30.8 Å². The monoisotopic (exact) mass is 494 g/mol. The molecule has 9 heteroatoms. The predicted molar refractivity (Wildman–Crippen MR) is 136 cm³/mol. The van der Waals surface area contributed by atoms with Gasteiger partial charge in [0, 0.05) is 56.3 Å². The van der Waals surface area contributed by atoms with Crippen molar-refractivity contribution in [3.63, 3.8) is 0 Å². The molecule has 4 aliphatic rings. The Morgan fingerprint density at radius 3 is 2.72 bits per heavy atom. The summed E-state index contributed by atoms with van der Waals surface area (Å²) < 4.78 is 2.75. The first-order chi connectivity index (χ1) is 15.6. The lowest BCUT2D eigenvalue weighted by Gasteiger charge is -2.48. The molecule has 32 heavy (non-hydrogen) atoms. The predicted octanol–water partition coefficient (Wildman–Crippen LogP) is 3.04. The molecule has 0 radical (unpaired) electrons. The number of carbonyl (C=O) groups excluding carboxylic acids is 1. The minimum Gasteiger partial charge on any atom is -0.364 e. The molecule has 1 aromatic carbocycles. The van der Waals surface area contributed by atoms with E-state index in [-0.39, 0.29) is 17.0 Å². The van der Waals surface area contributed by atoms with Gasteiger partial charge in [-0.25, -0.2) is 9.10 Å². The molecule has 1 N–H and O–H groups in total. The average Bonchev–Trinajstić information content (AvgIpc) is 3.45. The number of rotatable bonds is 7. The summed E-state index contributed by atoms with van der Waals surface area (Å²) in [5, 5.41) is 5.59. The number of hydroxylamine groups is 2. The maximum Gasteiger partial charge on any atom is 0.357 e. The molecule has 4 atom stereocenters.